The third-order valence-corrected chi connectivity index (χ3v) is 4.93. The van der Waals surface area contributed by atoms with E-state index in [1.54, 1.807) is 0 Å². The van der Waals surface area contributed by atoms with Crippen LogP contribution in [0.5, 0.6) is 0 Å². The molecule has 0 aromatic rings. The first kappa shape index (κ1) is 24.8. The molecule has 0 aliphatic heterocycles. The van der Waals surface area contributed by atoms with E-state index in [0.29, 0.717) is 18.5 Å². The fourth-order valence-corrected chi connectivity index (χ4v) is 3.23. The molecule has 0 aliphatic rings. The predicted octanol–water partition coefficient (Wildman–Crippen LogP) is 7.39. The second-order valence-electron chi connectivity index (χ2n) is 7.40. The molecule has 0 fully saturated rings. The van der Waals surface area contributed by atoms with Crippen LogP contribution in [0.2, 0.25) is 0 Å². The number of allylic oxidation sites excluding steroid dienone is 2. The number of rotatable bonds is 20. The molecule has 0 bridgehead atoms. The van der Waals surface area contributed by atoms with E-state index in [2.05, 4.69) is 6.92 Å². The standard InChI is InChI=1S/C22H41NO3/c1-2-3-4-13-16-19-22(23(25)26)20-17-14-11-9-7-5-6-8-10-12-15-18-21-24/h19,21H,2-18,20H2,1H3/b22-19-. The Morgan fingerprint density at radius 1 is 0.731 bits per heavy atom. The minimum atomic E-state index is -0.186. The summed E-state index contributed by atoms with van der Waals surface area (Å²) in [4.78, 5) is 21.1. The van der Waals surface area contributed by atoms with Crippen LogP contribution in [0, 0.1) is 10.1 Å². The highest BCUT2D eigenvalue weighted by Crippen LogP contribution is 2.15. The number of carbonyl (C=O) groups is 1. The molecular formula is C22H41NO3. The lowest BCUT2D eigenvalue weighted by molar-refractivity contribution is -0.428. The number of aldehydes is 1. The lowest BCUT2D eigenvalue weighted by Crippen LogP contribution is -1.99. The second kappa shape index (κ2) is 20.1. The SMILES string of the molecule is CCCCCC/C=C(/CCCCCCCCCCCCCC=O)[N+](=O)[O-]. The highest BCUT2D eigenvalue weighted by molar-refractivity contribution is 5.48. The number of nitro groups is 1. The first-order chi connectivity index (χ1) is 12.7. The molecule has 0 unspecified atom stereocenters. The van der Waals surface area contributed by atoms with Gasteiger partial charge in [0.15, 0.2) is 0 Å². The van der Waals surface area contributed by atoms with E-state index < -0.39 is 0 Å². The topological polar surface area (TPSA) is 60.2 Å². The second-order valence-corrected chi connectivity index (χ2v) is 7.40. The Morgan fingerprint density at radius 3 is 1.69 bits per heavy atom. The molecule has 0 amide bonds. The van der Waals surface area contributed by atoms with Crippen molar-refractivity contribution in [2.45, 2.75) is 122 Å². The van der Waals surface area contributed by atoms with Gasteiger partial charge in [0.05, 0.1) is 4.92 Å². The fraction of sp³-hybridized carbons (Fsp3) is 0.864. The zero-order valence-electron chi connectivity index (χ0n) is 17.1. The summed E-state index contributed by atoms with van der Waals surface area (Å²) in [5, 5.41) is 11.1. The maximum atomic E-state index is 11.1. The lowest BCUT2D eigenvalue weighted by Gasteiger charge is -2.03. The summed E-state index contributed by atoms with van der Waals surface area (Å²) in [7, 11) is 0. The summed E-state index contributed by atoms with van der Waals surface area (Å²) < 4.78 is 0. The van der Waals surface area contributed by atoms with Crippen molar-refractivity contribution in [1.29, 1.82) is 0 Å². The van der Waals surface area contributed by atoms with Crippen LogP contribution < -0.4 is 0 Å². The van der Waals surface area contributed by atoms with E-state index in [4.69, 9.17) is 0 Å². The van der Waals surface area contributed by atoms with E-state index in [1.807, 2.05) is 6.08 Å². The van der Waals surface area contributed by atoms with Gasteiger partial charge < -0.3 is 4.79 Å². The minimum absolute atomic E-state index is 0.186. The van der Waals surface area contributed by atoms with Gasteiger partial charge in [0.25, 0.3) is 0 Å². The summed E-state index contributed by atoms with van der Waals surface area (Å²) in [6.07, 6.45) is 22.9. The van der Waals surface area contributed by atoms with E-state index >= 15 is 0 Å². The Labute approximate surface area is 161 Å². The van der Waals surface area contributed by atoms with Crippen LogP contribution >= 0.6 is 0 Å². The van der Waals surface area contributed by atoms with Crippen LogP contribution in [0.15, 0.2) is 11.8 Å². The van der Waals surface area contributed by atoms with E-state index in [9.17, 15) is 14.9 Å². The van der Waals surface area contributed by atoms with Crippen LogP contribution in [0.3, 0.4) is 0 Å². The molecule has 152 valence electrons. The molecule has 0 heterocycles. The van der Waals surface area contributed by atoms with Gasteiger partial charge in [-0.25, -0.2) is 0 Å². The smallest absolute Gasteiger partial charge is 0.242 e. The molecule has 0 atom stereocenters. The largest absolute Gasteiger partial charge is 0.303 e. The zero-order chi connectivity index (χ0) is 19.3. The van der Waals surface area contributed by atoms with Gasteiger partial charge in [-0.05, 0) is 31.8 Å². The van der Waals surface area contributed by atoms with Crippen molar-refractivity contribution < 1.29 is 9.72 Å². The molecule has 0 aromatic carbocycles. The molecule has 0 rings (SSSR count). The summed E-state index contributed by atoms with van der Waals surface area (Å²) in [5.41, 5.74) is 0.427. The quantitative estimate of drug-likeness (QED) is 0.0975. The van der Waals surface area contributed by atoms with Crippen molar-refractivity contribution in [1.82, 2.24) is 0 Å². The highest BCUT2D eigenvalue weighted by atomic mass is 16.6. The average Bonchev–Trinajstić information content (AvgIpc) is 2.63. The van der Waals surface area contributed by atoms with Gasteiger partial charge >= 0.3 is 0 Å². The Morgan fingerprint density at radius 2 is 1.19 bits per heavy atom. The third-order valence-electron chi connectivity index (χ3n) is 4.93. The summed E-state index contributed by atoms with van der Waals surface area (Å²) in [5.74, 6) is 0. The molecule has 0 saturated carbocycles. The van der Waals surface area contributed by atoms with E-state index in [0.717, 1.165) is 38.4 Å². The summed E-state index contributed by atoms with van der Waals surface area (Å²) in [6, 6.07) is 0. The van der Waals surface area contributed by atoms with E-state index in [-0.39, 0.29) is 4.92 Å². The molecule has 4 heteroatoms. The van der Waals surface area contributed by atoms with E-state index in [1.165, 1.54) is 70.6 Å². The van der Waals surface area contributed by atoms with Crippen molar-refractivity contribution >= 4 is 6.29 Å². The van der Waals surface area contributed by atoms with Crippen LogP contribution in [0.4, 0.5) is 0 Å². The number of unbranched alkanes of at least 4 members (excludes halogenated alkanes) is 15. The maximum absolute atomic E-state index is 11.1. The van der Waals surface area contributed by atoms with Crippen molar-refractivity contribution in [3.63, 3.8) is 0 Å². The number of hydrogen-bond donors (Lipinski definition) is 0. The van der Waals surface area contributed by atoms with Crippen molar-refractivity contribution in [3.05, 3.63) is 21.9 Å². The molecule has 0 radical (unpaired) electrons. The minimum Gasteiger partial charge on any atom is -0.303 e. The summed E-state index contributed by atoms with van der Waals surface area (Å²) in [6.45, 7) is 2.18. The van der Waals surface area contributed by atoms with Gasteiger partial charge in [0.2, 0.25) is 5.70 Å². The molecular weight excluding hydrogens is 326 g/mol. The monoisotopic (exact) mass is 367 g/mol. The van der Waals surface area contributed by atoms with Crippen molar-refractivity contribution in [2.24, 2.45) is 0 Å². The van der Waals surface area contributed by atoms with Crippen LogP contribution in [-0.4, -0.2) is 11.2 Å². The van der Waals surface area contributed by atoms with Gasteiger partial charge in [0.1, 0.15) is 6.29 Å². The molecule has 0 spiro atoms. The molecule has 0 N–H and O–H groups in total. The highest BCUT2D eigenvalue weighted by Gasteiger charge is 2.09. The molecule has 0 saturated heterocycles. The van der Waals surface area contributed by atoms with Gasteiger partial charge in [-0.2, -0.15) is 0 Å². The van der Waals surface area contributed by atoms with Gasteiger partial charge in [0, 0.05) is 12.8 Å². The normalized spacial score (nSPS) is 11.7. The summed E-state index contributed by atoms with van der Waals surface area (Å²) >= 11 is 0. The number of nitrogens with zero attached hydrogens (tertiary/aromatic N) is 1. The van der Waals surface area contributed by atoms with Gasteiger partial charge in [-0.3, -0.25) is 10.1 Å². The first-order valence-corrected chi connectivity index (χ1v) is 11.0. The third kappa shape index (κ3) is 17.6. The lowest BCUT2D eigenvalue weighted by atomic mass is 10.0. The Hall–Kier alpha value is -1.19. The van der Waals surface area contributed by atoms with Crippen molar-refractivity contribution in [2.75, 3.05) is 0 Å². The van der Waals surface area contributed by atoms with Gasteiger partial charge in [-0.15, -0.1) is 0 Å². The molecule has 4 nitrogen and oxygen atoms in total. The van der Waals surface area contributed by atoms with Crippen LogP contribution in [0.1, 0.15) is 122 Å². The van der Waals surface area contributed by atoms with Crippen LogP contribution in [0.25, 0.3) is 0 Å². The van der Waals surface area contributed by atoms with Crippen LogP contribution in [-0.2, 0) is 4.79 Å². The fourth-order valence-electron chi connectivity index (χ4n) is 3.23. The Kier molecular flexibility index (Phi) is 19.2. The zero-order valence-corrected chi connectivity index (χ0v) is 17.1. The average molecular weight is 368 g/mol. The molecule has 26 heavy (non-hydrogen) atoms. The Bertz CT molecular complexity index is 366. The molecule has 0 aromatic heterocycles. The molecule has 0 aliphatic carbocycles. The predicted molar refractivity (Wildman–Crippen MR) is 110 cm³/mol. The van der Waals surface area contributed by atoms with Crippen molar-refractivity contribution in [3.8, 4) is 0 Å². The van der Waals surface area contributed by atoms with Gasteiger partial charge in [-0.1, -0.05) is 84.0 Å². The maximum Gasteiger partial charge on any atom is 0.242 e. The number of carbonyl (C=O) groups excluding carboxylic acids is 1. The Balaban J connectivity index is 3.48. The first-order valence-electron chi connectivity index (χ1n) is 11.0. The number of hydrogen-bond acceptors (Lipinski definition) is 3.